The molecule has 1 aliphatic heterocycles. The van der Waals surface area contributed by atoms with Crippen molar-refractivity contribution in [2.45, 2.75) is 6.42 Å². The first-order valence-corrected chi connectivity index (χ1v) is 8.05. The van der Waals surface area contributed by atoms with Gasteiger partial charge in [-0.15, -0.1) is 0 Å². The Kier molecular flexibility index (Phi) is 4.15. The number of furan rings is 1. The summed E-state index contributed by atoms with van der Waals surface area (Å²) in [6.45, 7) is 1.41. The third-order valence-corrected chi connectivity index (χ3v) is 4.48. The Morgan fingerprint density at radius 3 is 2.90 bits per heavy atom. The molecule has 0 spiro atoms. The largest absolute Gasteiger partial charge is 0.463 e. The van der Waals surface area contributed by atoms with Crippen molar-refractivity contribution in [3.05, 3.63) is 46.4 Å². The van der Waals surface area contributed by atoms with Gasteiger partial charge in [0.05, 0.1) is 12.0 Å². The maximum atomic E-state index is 12.4. The number of hydrogen-bond acceptors (Lipinski definition) is 4. The van der Waals surface area contributed by atoms with Gasteiger partial charge in [0.1, 0.15) is 11.3 Å². The van der Waals surface area contributed by atoms with Crippen LogP contribution in [-0.2, 0) is 0 Å². The predicted molar refractivity (Wildman–Crippen MR) is 82.6 cm³/mol. The monoisotopic (exact) mass is 304 g/mol. The molecule has 5 nitrogen and oxygen atoms in total. The van der Waals surface area contributed by atoms with E-state index in [1.54, 1.807) is 35.4 Å². The summed E-state index contributed by atoms with van der Waals surface area (Å²) in [4.78, 5) is 29.1. The number of rotatable bonds is 2. The minimum atomic E-state index is -0.370. The average Bonchev–Trinajstić information content (AvgIpc) is 2.89. The molecule has 0 aliphatic carbocycles. The highest BCUT2D eigenvalue weighted by Gasteiger charge is 2.20. The number of thioether (sulfide) groups is 1. The molecule has 110 valence electrons. The molecular weight excluding hydrogens is 288 g/mol. The van der Waals surface area contributed by atoms with E-state index in [0.29, 0.717) is 24.5 Å². The van der Waals surface area contributed by atoms with Crippen LogP contribution in [0, 0.1) is 0 Å². The van der Waals surface area contributed by atoms with Crippen molar-refractivity contribution < 1.29 is 9.21 Å². The first-order valence-electron chi connectivity index (χ1n) is 6.90. The third-order valence-electron chi connectivity index (χ3n) is 3.44. The molecule has 0 unspecified atom stereocenters. The fourth-order valence-corrected chi connectivity index (χ4v) is 3.22. The van der Waals surface area contributed by atoms with Gasteiger partial charge in [0.15, 0.2) is 0 Å². The quantitative estimate of drug-likeness (QED) is 0.924. The summed E-state index contributed by atoms with van der Waals surface area (Å²) in [5.41, 5.74) is 0.399. The molecule has 3 rings (SSSR count). The molecule has 1 amide bonds. The van der Waals surface area contributed by atoms with Gasteiger partial charge in [-0.05, 0) is 36.4 Å². The number of aromatic nitrogens is 1. The number of pyridine rings is 1. The van der Waals surface area contributed by atoms with Crippen LogP contribution in [0.1, 0.15) is 16.8 Å². The molecule has 6 heteroatoms. The molecule has 1 aliphatic rings. The number of nitrogens with one attached hydrogen (secondary N) is 1. The molecule has 1 saturated heterocycles. The minimum absolute atomic E-state index is 0.190. The van der Waals surface area contributed by atoms with E-state index in [-0.39, 0.29) is 17.0 Å². The molecular formula is C15H16N2O3S. The Labute approximate surface area is 126 Å². The van der Waals surface area contributed by atoms with E-state index in [4.69, 9.17) is 4.42 Å². The number of hydrogen-bond donors (Lipinski definition) is 1. The van der Waals surface area contributed by atoms with Crippen molar-refractivity contribution in [2.75, 3.05) is 24.6 Å². The minimum Gasteiger partial charge on any atom is -0.463 e. The zero-order chi connectivity index (χ0) is 14.7. The first kappa shape index (κ1) is 14.0. The van der Waals surface area contributed by atoms with Gasteiger partial charge >= 0.3 is 0 Å². The van der Waals surface area contributed by atoms with Crippen molar-refractivity contribution in [3.8, 4) is 11.5 Å². The van der Waals surface area contributed by atoms with Crippen LogP contribution in [0.15, 0.2) is 39.7 Å². The fourth-order valence-electron chi connectivity index (χ4n) is 2.34. The molecule has 3 heterocycles. The molecule has 2 aromatic heterocycles. The lowest BCUT2D eigenvalue weighted by Crippen LogP contribution is -2.36. The summed E-state index contributed by atoms with van der Waals surface area (Å²) in [5, 5.41) is 0. The van der Waals surface area contributed by atoms with Crippen molar-refractivity contribution in [1.29, 1.82) is 0 Å². The van der Waals surface area contributed by atoms with Gasteiger partial charge in [-0.3, -0.25) is 9.59 Å². The second kappa shape index (κ2) is 6.22. The molecule has 1 fully saturated rings. The molecule has 0 aromatic carbocycles. The van der Waals surface area contributed by atoms with Crippen molar-refractivity contribution in [2.24, 2.45) is 0 Å². The van der Waals surface area contributed by atoms with E-state index >= 15 is 0 Å². The second-order valence-electron chi connectivity index (χ2n) is 4.85. The van der Waals surface area contributed by atoms with E-state index < -0.39 is 0 Å². The molecule has 2 aromatic rings. The van der Waals surface area contributed by atoms with Crippen molar-refractivity contribution >= 4 is 17.7 Å². The smallest absolute Gasteiger partial charge is 0.261 e. The van der Waals surface area contributed by atoms with Crippen LogP contribution in [0.25, 0.3) is 11.5 Å². The number of carbonyl (C=O) groups excluding carboxylic acids is 1. The van der Waals surface area contributed by atoms with Crippen LogP contribution in [0.2, 0.25) is 0 Å². The summed E-state index contributed by atoms with van der Waals surface area (Å²) < 4.78 is 5.24. The van der Waals surface area contributed by atoms with Crippen LogP contribution in [0.5, 0.6) is 0 Å². The fraction of sp³-hybridized carbons (Fsp3) is 0.333. The number of H-pyrrole nitrogens is 1. The van der Waals surface area contributed by atoms with Crippen LogP contribution in [-0.4, -0.2) is 40.4 Å². The average molecular weight is 304 g/mol. The van der Waals surface area contributed by atoms with Crippen molar-refractivity contribution in [3.63, 3.8) is 0 Å². The lowest BCUT2D eigenvalue weighted by Gasteiger charge is -2.19. The van der Waals surface area contributed by atoms with Gasteiger partial charge in [0.2, 0.25) is 0 Å². The summed E-state index contributed by atoms with van der Waals surface area (Å²) in [7, 11) is 0. The Hall–Kier alpha value is -1.95. The van der Waals surface area contributed by atoms with Crippen LogP contribution in [0.4, 0.5) is 0 Å². The molecule has 0 bridgehead atoms. The van der Waals surface area contributed by atoms with Crippen molar-refractivity contribution in [1.82, 2.24) is 9.88 Å². The van der Waals surface area contributed by atoms with Gasteiger partial charge in [0.25, 0.3) is 11.5 Å². The SMILES string of the molecule is O=C(c1ccc(-c2ccco2)[nH]c1=O)N1CCCSCC1. The van der Waals surface area contributed by atoms with E-state index in [1.807, 2.05) is 11.8 Å². The Morgan fingerprint density at radius 2 is 2.14 bits per heavy atom. The van der Waals surface area contributed by atoms with Gasteiger partial charge < -0.3 is 14.3 Å². The molecule has 21 heavy (non-hydrogen) atoms. The van der Waals surface area contributed by atoms with Gasteiger partial charge in [-0.1, -0.05) is 0 Å². The molecule has 0 radical (unpaired) electrons. The third kappa shape index (κ3) is 3.05. The highest BCUT2D eigenvalue weighted by Crippen LogP contribution is 2.17. The maximum absolute atomic E-state index is 12.4. The summed E-state index contributed by atoms with van der Waals surface area (Å²) in [5.74, 6) is 2.38. The Bertz CT molecular complexity index is 670. The summed E-state index contributed by atoms with van der Waals surface area (Å²) in [6.07, 6.45) is 2.51. The normalized spacial score (nSPS) is 15.7. The number of amides is 1. The van der Waals surface area contributed by atoms with E-state index in [1.165, 1.54) is 0 Å². The number of carbonyl (C=O) groups is 1. The zero-order valence-corrected chi connectivity index (χ0v) is 12.3. The number of aromatic amines is 1. The highest BCUT2D eigenvalue weighted by atomic mass is 32.2. The lowest BCUT2D eigenvalue weighted by molar-refractivity contribution is 0.0767. The van der Waals surface area contributed by atoms with Gasteiger partial charge in [-0.2, -0.15) is 11.8 Å². The second-order valence-corrected chi connectivity index (χ2v) is 6.07. The Morgan fingerprint density at radius 1 is 1.24 bits per heavy atom. The zero-order valence-electron chi connectivity index (χ0n) is 11.5. The van der Waals surface area contributed by atoms with Crippen LogP contribution >= 0.6 is 11.8 Å². The van der Waals surface area contributed by atoms with Crippen LogP contribution < -0.4 is 5.56 Å². The maximum Gasteiger partial charge on any atom is 0.261 e. The van der Waals surface area contributed by atoms with Gasteiger partial charge in [-0.25, -0.2) is 0 Å². The van der Waals surface area contributed by atoms with Crippen LogP contribution in [0.3, 0.4) is 0 Å². The number of nitrogens with zero attached hydrogens (tertiary/aromatic N) is 1. The molecule has 0 saturated carbocycles. The predicted octanol–water partition coefficient (Wildman–Crippen LogP) is 2.21. The summed E-state index contributed by atoms with van der Waals surface area (Å²) >= 11 is 1.84. The first-order chi connectivity index (χ1) is 10.3. The van der Waals surface area contributed by atoms with E-state index in [0.717, 1.165) is 17.9 Å². The van der Waals surface area contributed by atoms with Gasteiger partial charge in [0, 0.05) is 18.8 Å². The van der Waals surface area contributed by atoms with E-state index in [9.17, 15) is 9.59 Å². The van der Waals surface area contributed by atoms with E-state index in [2.05, 4.69) is 4.98 Å². The lowest BCUT2D eigenvalue weighted by atomic mass is 10.2. The molecule has 0 atom stereocenters. The highest BCUT2D eigenvalue weighted by molar-refractivity contribution is 7.99. The Balaban J connectivity index is 1.85. The standard InChI is InChI=1S/C15H16N2O3S/c18-14-11(15(19)17-6-2-9-21-10-7-17)4-5-12(16-14)13-3-1-8-20-13/h1,3-5,8H,2,6-7,9-10H2,(H,16,18). The summed E-state index contributed by atoms with van der Waals surface area (Å²) in [6, 6.07) is 6.80. The molecule has 1 N–H and O–H groups in total. The topological polar surface area (TPSA) is 66.3 Å².